The molecule has 0 spiro atoms. The molecule has 0 aliphatic carbocycles. The van der Waals surface area contributed by atoms with Gasteiger partial charge in [0.15, 0.2) is 5.13 Å². The summed E-state index contributed by atoms with van der Waals surface area (Å²) in [7, 11) is -3.79. The molecule has 0 atom stereocenters. The minimum Gasteiger partial charge on any atom is -0.298 e. The van der Waals surface area contributed by atoms with Crippen LogP contribution in [0.3, 0.4) is 0 Å². The number of hydrogen-bond donors (Lipinski definition) is 1. The van der Waals surface area contributed by atoms with Crippen molar-refractivity contribution >= 4 is 71.5 Å². The highest BCUT2D eigenvalue weighted by molar-refractivity contribution is 7.89. The normalized spacial score (nSPS) is 11.7. The Balaban J connectivity index is 1.77. The smallest absolute Gasteiger partial charge is 0.270 e. The van der Waals surface area contributed by atoms with Crippen molar-refractivity contribution in [1.82, 2.24) is 9.29 Å². The van der Waals surface area contributed by atoms with Crippen molar-refractivity contribution in [3.05, 3.63) is 58.1 Å². The molecule has 0 saturated carbocycles. The standard InChI is InChI=1S/C18H16Cl2N4O5S2/c19-7-9-23(10-8-20)31(28,29)14-4-1-12(2-5-14)17(25)22-18-21-15-6-3-13(24(26)27)11-16(15)30-18/h1-6,11H,7-10H2,(H,21,22,25). The molecule has 0 fully saturated rings. The number of nitrogens with one attached hydrogen (secondary N) is 1. The maximum Gasteiger partial charge on any atom is 0.270 e. The predicted octanol–water partition coefficient (Wildman–Crippen LogP) is 3.93. The van der Waals surface area contributed by atoms with Crippen LogP contribution in [0.4, 0.5) is 10.8 Å². The molecule has 0 radical (unpaired) electrons. The van der Waals surface area contributed by atoms with Crippen molar-refractivity contribution < 1.29 is 18.1 Å². The molecule has 3 aromatic rings. The third kappa shape index (κ3) is 5.31. The number of anilines is 1. The Kier molecular flexibility index (Phi) is 7.44. The highest BCUT2D eigenvalue weighted by Gasteiger charge is 2.24. The highest BCUT2D eigenvalue weighted by atomic mass is 35.5. The zero-order chi connectivity index (χ0) is 22.6. The van der Waals surface area contributed by atoms with Crippen LogP contribution < -0.4 is 5.32 Å². The van der Waals surface area contributed by atoms with Gasteiger partial charge in [0.25, 0.3) is 11.6 Å². The zero-order valence-corrected chi connectivity index (χ0v) is 19.0. The molecule has 31 heavy (non-hydrogen) atoms. The van der Waals surface area contributed by atoms with E-state index in [1.54, 1.807) is 0 Å². The van der Waals surface area contributed by atoms with Crippen LogP contribution >= 0.6 is 34.5 Å². The number of nitrogens with zero attached hydrogens (tertiary/aromatic N) is 3. The van der Waals surface area contributed by atoms with Gasteiger partial charge < -0.3 is 0 Å². The fourth-order valence-corrected chi connectivity index (χ4v) is 5.66. The van der Waals surface area contributed by atoms with Crippen LogP contribution in [0.25, 0.3) is 10.2 Å². The van der Waals surface area contributed by atoms with E-state index in [0.717, 1.165) is 11.3 Å². The first kappa shape index (κ1) is 23.4. The Morgan fingerprint density at radius 1 is 1.13 bits per heavy atom. The first-order valence-electron chi connectivity index (χ1n) is 8.84. The first-order valence-corrected chi connectivity index (χ1v) is 12.2. The van der Waals surface area contributed by atoms with Crippen LogP contribution in [-0.2, 0) is 10.0 Å². The largest absolute Gasteiger partial charge is 0.298 e. The minimum atomic E-state index is -3.79. The summed E-state index contributed by atoms with van der Waals surface area (Å²) in [6.45, 7) is 0.239. The summed E-state index contributed by atoms with van der Waals surface area (Å²) >= 11 is 12.5. The van der Waals surface area contributed by atoms with Gasteiger partial charge in [-0.15, -0.1) is 23.2 Å². The number of nitro groups is 1. The average molecular weight is 503 g/mol. The molecule has 0 saturated heterocycles. The number of aromatic nitrogens is 1. The monoisotopic (exact) mass is 502 g/mol. The Bertz CT molecular complexity index is 1210. The molecule has 0 aliphatic rings. The number of non-ortho nitro benzene ring substituents is 1. The van der Waals surface area contributed by atoms with E-state index in [1.165, 1.54) is 46.8 Å². The molecular weight excluding hydrogens is 487 g/mol. The Hall–Kier alpha value is -2.31. The lowest BCUT2D eigenvalue weighted by atomic mass is 10.2. The van der Waals surface area contributed by atoms with E-state index in [0.29, 0.717) is 10.2 Å². The third-order valence-corrected chi connectivity index (χ3v) is 7.41. The fourth-order valence-electron chi connectivity index (χ4n) is 2.72. The van der Waals surface area contributed by atoms with E-state index in [-0.39, 0.29) is 46.1 Å². The maximum atomic E-state index is 12.7. The van der Waals surface area contributed by atoms with E-state index in [1.807, 2.05) is 0 Å². The topological polar surface area (TPSA) is 123 Å². The number of benzene rings is 2. The van der Waals surface area contributed by atoms with Crippen molar-refractivity contribution in [2.24, 2.45) is 0 Å². The van der Waals surface area contributed by atoms with E-state index in [2.05, 4.69) is 10.3 Å². The van der Waals surface area contributed by atoms with Gasteiger partial charge >= 0.3 is 0 Å². The van der Waals surface area contributed by atoms with Crippen molar-refractivity contribution in [3.63, 3.8) is 0 Å². The number of sulfonamides is 1. The summed E-state index contributed by atoms with van der Waals surface area (Å²) < 4.78 is 27.2. The number of carbonyl (C=O) groups is 1. The minimum absolute atomic E-state index is 0.0200. The molecule has 3 rings (SSSR count). The first-order chi connectivity index (χ1) is 14.8. The molecule has 1 aromatic heterocycles. The molecule has 0 aliphatic heterocycles. The highest BCUT2D eigenvalue weighted by Crippen LogP contribution is 2.29. The van der Waals surface area contributed by atoms with Gasteiger partial charge in [0.05, 0.1) is 20.0 Å². The quantitative estimate of drug-likeness (QED) is 0.268. The molecule has 1 amide bonds. The third-order valence-electron chi connectivity index (χ3n) is 4.23. The summed E-state index contributed by atoms with van der Waals surface area (Å²) in [5.74, 6) is -0.236. The van der Waals surface area contributed by atoms with Gasteiger partial charge in [0, 0.05) is 42.5 Å². The second-order valence-electron chi connectivity index (χ2n) is 6.19. The summed E-state index contributed by atoms with van der Waals surface area (Å²) in [5, 5.41) is 13.8. The molecule has 1 N–H and O–H groups in total. The van der Waals surface area contributed by atoms with Gasteiger partial charge in [-0.2, -0.15) is 4.31 Å². The number of thiazole rings is 1. The van der Waals surface area contributed by atoms with Crippen LogP contribution in [0, 0.1) is 10.1 Å². The Morgan fingerprint density at radius 2 is 1.77 bits per heavy atom. The second kappa shape index (κ2) is 9.88. The maximum absolute atomic E-state index is 12.7. The van der Waals surface area contributed by atoms with Gasteiger partial charge in [-0.05, 0) is 30.3 Å². The van der Waals surface area contributed by atoms with Crippen molar-refractivity contribution in [3.8, 4) is 0 Å². The van der Waals surface area contributed by atoms with E-state index < -0.39 is 20.9 Å². The van der Waals surface area contributed by atoms with Gasteiger partial charge in [0.1, 0.15) is 0 Å². The van der Waals surface area contributed by atoms with Crippen molar-refractivity contribution in [2.45, 2.75) is 4.90 Å². The molecule has 0 bridgehead atoms. The van der Waals surface area contributed by atoms with Crippen LogP contribution in [0.5, 0.6) is 0 Å². The number of fused-ring (bicyclic) bond motifs is 1. The lowest BCUT2D eigenvalue weighted by molar-refractivity contribution is -0.384. The number of halogens is 2. The fraction of sp³-hybridized carbons (Fsp3) is 0.222. The van der Waals surface area contributed by atoms with Gasteiger partial charge in [-0.3, -0.25) is 20.2 Å². The van der Waals surface area contributed by atoms with Gasteiger partial charge in [-0.25, -0.2) is 13.4 Å². The summed E-state index contributed by atoms with van der Waals surface area (Å²) in [6.07, 6.45) is 0. The van der Waals surface area contributed by atoms with E-state index >= 15 is 0 Å². The number of amides is 1. The summed E-state index contributed by atoms with van der Waals surface area (Å²) in [6, 6.07) is 9.68. The van der Waals surface area contributed by atoms with Crippen molar-refractivity contribution in [2.75, 3.05) is 30.2 Å². The lowest BCUT2D eigenvalue weighted by Crippen LogP contribution is -2.34. The SMILES string of the molecule is O=C(Nc1nc2ccc([N+](=O)[O-])cc2s1)c1ccc(S(=O)(=O)N(CCCl)CCCl)cc1. The predicted molar refractivity (Wildman–Crippen MR) is 121 cm³/mol. The Labute approximate surface area is 191 Å². The van der Waals surface area contributed by atoms with Crippen molar-refractivity contribution in [1.29, 1.82) is 0 Å². The van der Waals surface area contributed by atoms with E-state index in [9.17, 15) is 23.3 Å². The number of alkyl halides is 2. The van der Waals surface area contributed by atoms with Gasteiger partial charge in [0.2, 0.25) is 10.0 Å². The zero-order valence-electron chi connectivity index (χ0n) is 15.8. The van der Waals surface area contributed by atoms with Gasteiger partial charge in [-0.1, -0.05) is 11.3 Å². The summed E-state index contributed by atoms with van der Waals surface area (Å²) in [4.78, 5) is 27.2. The molecule has 164 valence electrons. The van der Waals surface area contributed by atoms with Crippen LogP contribution in [0.1, 0.15) is 10.4 Å². The molecular formula is C18H16Cl2N4O5S2. The molecule has 2 aromatic carbocycles. The van der Waals surface area contributed by atoms with Crippen LogP contribution in [0.2, 0.25) is 0 Å². The van der Waals surface area contributed by atoms with Crippen LogP contribution in [-0.4, -0.2) is 53.4 Å². The second-order valence-corrected chi connectivity index (χ2v) is 9.91. The average Bonchev–Trinajstić information content (AvgIpc) is 3.15. The number of hydrogen-bond acceptors (Lipinski definition) is 7. The Morgan fingerprint density at radius 3 is 2.35 bits per heavy atom. The number of carbonyl (C=O) groups excluding carboxylic acids is 1. The molecule has 9 nitrogen and oxygen atoms in total. The molecule has 0 unspecified atom stereocenters. The number of nitro benzene ring substituents is 1. The molecule has 13 heteroatoms. The molecule has 1 heterocycles. The lowest BCUT2D eigenvalue weighted by Gasteiger charge is -2.20. The van der Waals surface area contributed by atoms with Crippen LogP contribution in [0.15, 0.2) is 47.4 Å². The summed E-state index contributed by atoms with van der Waals surface area (Å²) in [5.41, 5.74) is 0.680. The van der Waals surface area contributed by atoms with E-state index in [4.69, 9.17) is 23.2 Å². The number of rotatable bonds is 9.